The van der Waals surface area contributed by atoms with Crippen molar-refractivity contribution >= 4 is 10.0 Å². The van der Waals surface area contributed by atoms with Gasteiger partial charge in [-0.15, -0.1) is 10.2 Å². The van der Waals surface area contributed by atoms with Crippen LogP contribution < -0.4 is 4.72 Å². The van der Waals surface area contributed by atoms with Gasteiger partial charge in [-0.25, -0.2) is 13.1 Å². The Morgan fingerprint density at radius 3 is 2.27 bits per heavy atom. The van der Waals surface area contributed by atoms with E-state index in [1.54, 1.807) is 30.9 Å². The third-order valence-corrected chi connectivity index (χ3v) is 5.66. The van der Waals surface area contributed by atoms with E-state index in [2.05, 4.69) is 20.0 Å². The fourth-order valence-electron chi connectivity index (χ4n) is 2.60. The van der Waals surface area contributed by atoms with Crippen molar-refractivity contribution in [2.75, 3.05) is 0 Å². The average molecular weight is 387 g/mol. The molecule has 0 amide bonds. The van der Waals surface area contributed by atoms with Crippen LogP contribution in [0.15, 0.2) is 51.7 Å². The van der Waals surface area contributed by atoms with Gasteiger partial charge in [-0.1, -0.05) is 12.1 Å². The molecule has 3 rings (SSSR count). The van der Waals surface area contributed by atoms with Gasteiger partial charge in [-0.2, -0.15) is 18.3 Å². The number of hydrogen-bond acceptors (Lipinski definition) is 5. The Morgan fingerprint density at radius 2 is 1.81 bits per heavy atom. The second kappa shape index (κ2) is 6.16. The number of hydrogen-bond donors (Lipinski definition) is 1. The lowest BCUT2D eigenvalue weighted by Gasteiger charge is -2.16. The molecule has 1 N–H and O–H groups in total. The van der Waals surface area contributed by atoms with E-state index in [1.807, 2.05) is 0 Å². The standard InChI is InChI=1S/C15H16F3N5O2S/c1-10(9-12-7-8-19-23(12)2)20-26(24,25)13-5-3-11(4-6-13)14(21-22-14)15(16,17)18/h3-8,10,20H,9H2,1-2H3/t10-/m0/s1. The lowest BCUT2D eigenvalue weighted by molar-refractivity contribution is -0.166. The highest BCUT2D eigenvalue weighted by atomic mass is 32.2. The number of sulfonamides is 1. The fourth-order valence-corrected chi connectivity index (χ4v) is 3.84. The molecule has 1 aliphatic rings. The molecule has 0 unspecified atom stereocenters. The van der Waals surface area contributed by atoms with Crippen molar-refractivity contribution in [1.82, 2.24) is 14.5 Å². The van der Waals surface area contributed by atoms with Crippen LogP contribution in [0.4, 0.5) is 13.2 Å². The topological polar surface area (TPSA) is 88.7 Å². The third kappa shape index (κ3) is 3.36. The molecule has 1 aromatic heterocycles. The van der Waals surface area contributed by atoms with Gasteiger partial charge in [0.1, 0.15) is 0 Å². The zero-order valence-electron chi connectivity index (χ0n) is 13.9. The van der Waals surface area contributed by atoms with Crippen LogP contribution in [-0.2, 0) is 29.2 Å². The first-order valence-electron chi connectivity index (χ1n) is 7.66. The Balaban J connectivity index is 1.73. The predicted molar refractivity (Wildman–Crippen MR) is 85.7 cm³/mol. The Labute approximate surface area is 148 Å². The molecule has 1 aliphatic heterocycles. The number of aryl methyl sites for hydroxylation is 1. The maximum absolute atomic E-state index is 13.0. The summed E-state index contributed by atoms with van der Waals surface area (Å²) in [7, 11) is -2.13. The molecule has 0 spiro atoms. The van der Waals surface area contributed by atoms with Gasteiger partial charge >= 0.3 is 11.8 Å². The number of alkyl halides is 3. The molecule has 1 aromatic carbocycles. The third-order valence-electron chi connectivity index (χ3n) is 4.06. The minimum atomic E-state index is -4.65. The van der Waals surface area contributed by atoms with Crippen LogP contribution in [0.2, 0.25) is 0 Å². The lowest BCUT2D eigenvalue weighted by atomic mass is 10.0. The molecular weight excluding hydrogens is 371 g/mol. The monoisotopic (exact) mass is 387 g/mol. The van der Waals surface area contributed by atoms with Gasteiger partial charge in [0.05, 0.1) is 4.90 Å². The Hall–Kier alpha value is -2.27. The maximum atomic E-state index is 13.0. The number of nitrogens with one attached hydrogen (secondary N) is 1. The van der Waals surface area contributed by atoms with E-state index in [1.165, 1.54) is 0 Å². The molecule has 26 heavy (non-hydrogen) atoms. The van der Waals surface area contributed by atoms with Crippen LogP contribution in [0.5, 0.6) is 0 Å². The van der Waals surface area contributed by atoms with Crippen LogP contribution >= 0.6 is 0 Å². The van der Waals surface area contributed by atoms with E-state index >= 15 is 0 Å². The first kappa shape index (κ1) is 18.5. The van der Waals surface area contributed by atoms with Crippen molar-refractivity contribution in [3.63, 3.8) is 0 Å². The normalized spacial score (nSPS) is 17.3. The van der Waals surface area contributed by atoms with E-state index in [0.29, 0.717) is 6.42 Å². The summed E-state index contributed by atoms with van der Waals surface area (Å²) in [6, 6.07) is 5.74. The molecule has 2 heterocycles. The average Bonchev–Trinajstić information content (AvgIpc) is 3.27. The predicted octanol–water partition coefficient (Wildman–Crippen LogP) is 2.51. The van der Waals surface area contributed by atoms with Gasteiger partial charge in [0.25, 0.3) is 0 Å². The first-order chi connectivity index (χ1) is 12.1. The SMILES string of the molecule is C[C@@H](Cc1ccnn1C)NS(=O)(=O)c1ccc(C2(C(F)(F)F)N=N2)cc1. The summed E-state index contributed by atoms with van der Waals surface area (Å²) in [5, 5.41) is 10.2. The van der Waals surface area contributed by atoms with Gasteiger partial charge in [0.2, 0.25) is 10.0 Å². The van der Waals surface area contributed by atoms with Gasteiger partial charge in [-0.3, -0.25) is 4.68 Å². The molecule has 0 fully saturated rings. The molecule has 0 saturated heterocycles. The molecule has 0 saturated carbocycles. The molecule has 140 valence electrons. The number of halogens is 3. The minimum Gasteiger partial charge on any atom is -0.273 e. The fraction of sp³-hybridized carbons (Fsp3) is 0.400. The summed E-state index contributed by atoms with van der Waals surface area (Å²) in [4.78, 5) is -0.129. The van der Waals surface area contributed by atoms with Gasteiger partial charge in [-0.05, 0) is 25.1 Å². The molecular formula is C15H16F3N5O2S. The highest BCUT2D eigenvalue weighted by Gasteiger charge is 2.65. The van der Waals surface area contributed by atoms with Gasteiger partial charge < -0.3 is 0 Å². The van der Waals surface area contributed by atoms with E-state index in [9.17, 15) is 21.6 Å². The Kier molecular flexibility index (Phi) is 4.39. The maximum Gasteiger partial charge on any atom is 0.442 e. The highest BCUT2D eigenvalue weighted by molar-refractivity contribution is 7.89. The molecule has 2 aromatic rings. The second-order valence-corrected chi connectivity index (χ2v) is 7.78. The molecule has 7 nitrogen and oxygen atoms in total. The summed E-state index contributed by atoms with van der Waals surface area (Å²) in [6.07, 6.45) is -2.62. The lowest BCUT2D eigenvalue weighted by Crippen LogP contribution is -2.34. The van der Waals surface area contributed by atoms with Crippen molar-refractivity contribution in [2.45, 2.75) is 36.1 Å². The molecule has 0 aliphatic carbocycles. The van der Waals surface area contributed by atoms with Crippen LogP contribution in [-0.4, -0.2) is 30.4 Å². The van der Waals surface area contributed by atoms with Crippen molar-refractivity contribution in [3.05, 3.63) is 47.8 Å². The summed E-state index contributed by atoms with van der Waals surface area (Å²) < 4.78 is 67.9. The Morgan fingerprint density at radius 1 is 1.19 bits per heavy atom. The highest BCUT2D eigenvalue weighted by Crippen LogP contribution is 2.52. The second-order valence-electron chi connectivity index (χ2n) is 6.07. The van der Waals surface area contributed by atoms with Crippen molar-refractivity contribution < 1.29 is 21.6 Å². The molecule has 0 bridgehead atoms. The van der Waals surface area contributed by atoms with Crippen LogP contribution in [0.3, 0.4) is 0 Å². The number of aromatic nitrogens is 2. The first-order valence-corrected chi connectivity index (χ1v) is 9.14. The van der Waals surface area contributed by atoms with E-state index in [-0.39, 0.29) is 10.5 Å². The van der Waals surface area contributed by atoms with E-state index < -0.39 is 27.9 Å². The van der Waals surface area contributed by atoms with E-state index in [0.717, 1.165) is 30.0 Å². The van der Waals surface area contributed by atoms with Crippen molar-refractivity contribution in [2.24, 2.45) is 17.3 Å². The summed E-state index contributed by atoms with van der Waals surface area (Å²) >= 11 is 0. The molecule has 1 atom stereocenters. The van der Waals surface area contributed by atoms with Crippen molar-refractivity contribution in [1.29, 1.82) is 0 Å². The zero-order valence-corrected chi connectivity index (χ0v) is 14.7. The minimum absolute atomic E-state index is 0.129. The number of nitrogens with zero attached hydrogens (tertiary/aromatic N) is 4. The van der Waals surface area contributed by atoms with Crippen LogP contribution in [0.25, 0.3) is 0 Å². The van der Waals surface area contributed by atoms with Gasteiger partial charge in [0.15, 0.2) is 0 Å². The van der Waals surface area contributed by atoms with Crippen LogP contribution in [0.1, 0.15) is 18.2 Å². The summed E-state index contributed by atoms with van der Waals surface area (Å²) in [5.74, 6) is 0. The number of rotatable bonds is 6. The summed E-state index contributed by atoms with van der Waals surface area (Å²) in [6.45, 7) is 1.69. The Bertz CT molecular complexity index is 929. The van der Waals surface area contributed by atoms with Crippen LogP contribution in [0, 0.1) is 0 Å². The van der Waals surface area contributed by atoms with Crippen molar-refractivity contribution in [3.8, 4) is 0 Å². The zero-order chi connectivity index (χ0) is 19.2. The smallest absolute Gasteiger partial charge is 0.273 e. The largest absolute Gasteiger partial charge is 0.442 e. The summed E-state index contributed by atoms with van der Waals surface area (Å²) in [5.41, 5.74) is -1.93. The molecule has 11 heteroatoms. The number of benzene rings is 1. The quantitative estimate of drug-likeness (QED) is 0.826. The van der Waals surface area contributed by atoms with Gasteiger partial charge in [0, 0.05) is 37.0 Å². The van der Waals surface area contributed by atoms with E-state index in [4.69, 9.17) is 0 Å². The molecule has 0 radical (unpaired) electrons.